The molecule has 1 aliphatic heterocycles. The minimum absolute atomic E-state index is 0.0233. The summed E-state index contributed by atoms with van der Waals surface area (Å²) >= 11 is 6.48. The van der Waals surface area contributed by atoms with E-state index < -0.39 is 101 Å². The first-order valence-electron chi connectivity index (χ1n) is 12.9. The normalized spacial score (nSPS) is 20.2. The van der Waals surface area contributed by atoms with E-state index in [0.29, 0.717) is 11.0 Å². The standard InChI is InChI=1S/C29H21ClF5N5O3/c30-21-4-2-1-3-20(21)23(26(42)38-19-12-28(34,35)13-19)29(27(43)39-18-10-16(31)9-17(32)11-18)7-5-22(41)40(29)25-24(33)15(14-36)6-8-37-25/h1-4,6,8-11,19,23H,5,7,12-13H2,(H,38,42)(H,39,43)/t23-,29?/m1/s1. The molecular formula is C29H21ClF5N5O3. The van der Waals surface area contributed by atoms with E-state index in [1.54, 1.807) is 6.07 Å². The van der Waals surface area contributed by atoms with Gasteiger partial charge in [-0.05, 0) is 36.2 Å². The minimum Gasteiger partial charge on any atom is -0.352 e. The van der Waals surface area contributed by atoms with Gasteiger partial charge in [0.1, 0.15) is 23.2 Å². The van der Waals surface area contributed by atoms with Crippen LogP contribution < -0.4 is 15.5 Å². The zero-order valence-electron chi connectivity index (χ0n) is 22.0. The molecule has 1 aliphatic carbocycles. The van der Waals surface area contributed by atoms with Crippen LogP contribution in [0.4, 0.5) is 33.5 Å². The van der Waals surface area contributed by atoms with Crippen LogP contribution in [0.3, 0.4) is 0 Å². The van der Waals surface area contributed by atoms with E-state index in [0.717, 1.165) is 24.4 Å². The van der Waals surface area contributed by atoms with Crippen molar-refractivity contribution in [3.05, 3.63) is 88.3 Å². The number of amides is 3. The average Bonchev–Trinajstić information content (AvgIpc) is 3.25. The van der Waals surface area contributed by atoms with Gasteiger partial charge < -0.3 is 10.6 Å². The number of alkyl halides is 2. The lowest BCUT2D eigenvalue weighted by Gasteiger charge is -2.43. The first-order valence-corrected chi connectivity index (χ1v) is 13.3. The molecule has 1 saturated carbocycles. The summed E-state index contributed by atoms with van der Waals surface area (Å²) in [7, 11) is 0. The highest BCUT2D eigenvalue weighted by atomic mass is 35.5. The summed E-state index contributed by atoms with van der Waals surface area (Å²) in [5.41, 5.74) is -3.35. The molecule has 1 aromatic heterocycles. The number of hydrogen-bond donors (Lipinski definition) is 2. The quantitative estimate of drug-likeness (QED) is 0.353. The number of nitriles is 1. The monoisotopic (exact) mass is 617 g/mol. The predicted molar refractivity (Wildman–Crippen MR) is 144 cm³/mol. The van der Waals surface area contributed by atoms with Gasteiger partial charge in [-0.15, -0.1) is 0 Å². The average molecular weight is 618 g/mol. The van der Waals surface area contributed by atoms with Crippen molar-refractivity contribution in [1.82, 2.24) is 10.3 Å². The molecule has 5 rings (SSSR count). The van der Waals surface area contributed by atoms with Gasteiger partial charge >= 0.3 is 0 Å². The lowest BCUT2D eigenvalue weighted by atomic mass is 9.74. The highest BCUT2D eigenvalue weighted by Crippen LogP contribution is 2.48. The highest BCUT2D eigenvalue weighted by Gasteiger charge is 2.61. The molecule has 3 amide bonds. The summed E-state index contributed by atoms with van der Waals surface area (Å²) in [6.07, 6.45) is -1.23. The van der Waals surface area contributed by atoms with Crippen LogP contribution in [0.5, 0.6) is 0 Å². The molecule has 43 heavy (non-hydrogen) atoms. The van der Waals surface area contributed by atoms with E-state index in [1.807, 2.05) is 0 Å². The number of carbonyl (C=O) groups excluding carboxylic acids is 3. The zero-order chi connectivity index (χ0) is 31.1. The Morgan fingerprint density at radius 3 is 2.40 bits per heavy atom. The van der Waals surface area contributed by atoms with Crippen LogP contribution >= 0.6 is 11.6 Å². The molecule has 1 saturated heterocycles. The maximum absolute atomic E-state index is 15.6. The van der Waals surface area contributed by atoms with Crippen LogP contribution in [0, 0.1) is 28.8 Å². The molecule has 0 bridgehead atoms. The number of aromatic nitrogens is 1. The van der Waals surface area contributed by atoms with Crippen molar-refractivity contribution in [2.75, 3.05) is 10.2 Å². The Morgan fingerprint density at radius 1 is 1.09 bits per heavy atom. The molecule has 222 valence electrons. The van der Waals surface area contributed by atoms with E-state index in [-0.39, 0.29) is 10.6 Å². The number of anilines is 2. The molecule has 2 aliphatic rings. The SMILES string of the molecule is N#Cc1ccnc(N2C(=O)CCC2(C(=O)Nc2cc(F)cc(F)c2)[C@@H](C(=O)NC2CC(F)(F)C2)c2ccccc2Cl)c1F. The van der Waals surface area contributed by atoms with E-state index in [4.69, 9.17) is 11.6 Å². The number of hydrogen-bond acceptors (Lipinski definition) is 5. The number of rotatable bonds is 7. The molecular weight excluding hydrogens is 597 g/mol. The number of pyridine rings is 1. The van der Waals surface area contributed by atoms with Gasteiger partial charge in [0.25, 0.3) is 11.8 Å². The molecule has 2 fully saturated rings. The van der Waals surface area contributed by atoms with Gasteiger partial charge in [-0.3, -0.25) is 19.3 Å². The first-order chi connectivity index (χ1) is 20.4. The fourth-order valence-corrected chi connectivity index (χ4v) is 5.83. The van der Waals surface area contributed by atoms with Gasteiger partial charge in [0.05, 0.1) is 11.5 Å². The van der Waals surface area contributed by atoms with Gasteiger partial charge in [-0.1, -0.05) is 29.8 Å². The van der Waals surface area contributed by atoms with Crippen molar-refractivity contribution in [3.8, 4) is 6.07 Å². The van der Waals surface area contributed by atoms with Crippen molar-refractivity contribution >= 4 is 40.8 Å². The minimum atomic E-state index is -3.02. The lowest BCUT2D eigenvalue weighted by molar-refractivity contribution is -0.136. The van der Waals surface area contributed by atoms with Crippen LogP contribution in [-0.4, -0.2) is 40.2 Å². The van der Waals surface area contributed by atoms with Crippen LogP contribution in [0.1, 0.15) is 42.7 Å². The summed E-state index contributed by atoms with van der Waals surface area (Å²) in [5, 5.41) is 14.2. The smallest absolute Gasteiger partial charge is 0.252 e. The number of halogens is 6. The summed E-state index contributed by atoms with van der Waals surface area (Å²) in [6, 6.07) is 9.53. The third kappa shape index (κ3) is 5.50. The second-order valence-corrected chi connectivity index (χ2v) is 10.7. The van der Waals surface area contributed by atoms with Crippen LogP contribution in [0.2, 0.25) is 5.02 Å². The molecule has 2 atom stereocenters. The number of carbonyl (C=O) groups is 3. The van der Waals surface area contributed by atoms with Gasteiger partial charge in [0.2, 0.25) is 11.8 Å². The van der Waals surface area contributed by atoms with Gasteiger partial charge in [0, 0.05) is 48.3 Å². The fourth-order valence-electron chi connectivity index (χ4n) is 5.58. The largest absolute Gasteiger partial charge is 0.352 e. The highest BCUT2D eigenvalue weighted by molar-refractivity contribution is 6.32. The summed E-state index contributed by atoms with van der Waals surface area (Å²) < 4.78 is 71.1. The number of nitrogens with zero attached hydrogens (tertiary/aromatic N) is 3. The Morgan fingerprint density at radius 2 is 1.77 bits per heavy atom. The van der Waals surface area contributed by atoms with E-state index >= 15 is 4.39 Å². The molecule has 3 aromatic rings. The van der Waals surface area contributed by atoms with Crippen LogP contribution in [0.15, 0.2) is 54.7 Å². The van der Waals surface area contributed by atoms with Crippen molar-refractivity contribution in [2.24, 2.45) is 0 Å². The first kappa shape index (κ1) is 29.9. The lowest BCUT2D eigenvalue weighted by Crippen LogP contribution is -2.63. The Labute approximate surface area is 246 Å². The van der Waals surface area contributed by atoms with Gasteiger partial charge in [-0.25, -0.2) is 26.9 Å². The molecule has 0 radical (unpaired) electrons. The Bertz CT molecular complexity index is 1650. The van der Waals surface area contributed by atoms with Crippen LogP contribution in [0.25, 0.3) is 0 Å². The fraction of sp³-hybridized carbons (Fsp3) is 0.276. The Kier molecular flexibility index (Phi) is 7.83. The summed E-state index contributed by atoms with van der Waals surface area (Å²) in [6.45, 7) is 0. The van der Waals surface area contributed by atoms with Crippen molar-refractivity contribution in [2.45, 2.75) is 49.1 Å². The Hall–Kier alpha value is -4.57. The molecule has 2 aromatic carbocycles. The molecule has 0 spiro atoms. The molecule has 2 heterocycles. The third-order valence-electron chi connectivity index (χ3n) is 7.48. The Balaban J connectivity index is 1.73. The topological polar surface area (TPSA) is 115 Å². The maximum Gasteiger partial charge on any atom is 0.252 e. The molecule has 8 nitrogen and oxygen atoms in total. The van der Waals surface area contributed by atoms with Crippen molar-refractivity contribution in [3.63, 3.8) is 0 Å². The summed E-state index contributed by atoms with van der Waals surface area (Å²) in [4.78, 5) is 46.4. The van der Waals surface area contributed by atoms with Gasteiger partial charge in [-0.2, -0.15) is 5.26 Å². The summed E-state index contributed by atoms with van der Waals surface area (Å²) in [5.74, 6) is -12.0. The predicted octanol–water partition coefficient (Wildman–Crippen LogP) is 5.23. The molecule has 1 unspecified atom stereocenters. The molecule has 14 heteroatoms. The van der Waals surface area contributed by atoms with Crippen molar-refractivity contribution in [1.29, 1.82) is 5.26 Å². The number of benzene rings is 2. The maximum atomic E-state index is 15.6. The molecule has 2 N–H and O–H groups in total. The second kappa shape index (κ2) is 11.3. The van der Waals surface area contributed by atoms with E-state index in [9.17, 15) is 37.2 Å². The van der Waals surface area contributed by atoms with Gasteiger partial charge in [0.15, 0.2) is 11.6 Å². The van der Waals surface area contributed by atoms with Crippen LogP contribution in [-0.2, 0) is 14.4 Å². The van der Waals surface area contributed by atoms with Crippen molar-refractivity contribution < 1.29 is 36.3 Å². The van der Waals surface area contributed by atoms with E-state index in [2.05, 4.69) is 15.6 Å². The number of nitrogens with one attached hydrogen (secondary N) is 2. The van der Waals surface area contributed by atoms with E-state index in [1.165, 1.54) is 24.3 Å². The second-order valence-electron chi connectivity index (χ2n) is 10.3. The zero-order valence-corrected chi connectivity index (χ0v) is 22.8. The third-order valence-corrected chi connectivity index (χ3v) is 7.82.